The predicted octanol–water partition coefficient (Wildman–Crippen LogP) is 3.93. The topological polar surface area (TPSA) is 54.5 Å². The molecule has 1 aliphatic heterocycles. The van der Waals surface area contributed by atoms with Crippen molar-refractivity contribution in [1.29, 1.82) is 0 Å². The van der Waals surface area contributed by atoms with Crippen LogP contribution in [0, 0.1) is 11.8 Å². The van der Waals surface area contributed by atoms with Crippen molar-refractivity contribution in [3.8, 4) is 5.75 Å². The van der Waals surface area contributed by atoms with Crippen LogP contribution in [0.4, 0.5) is 0 Å². The van der Waals surface area contributed by atoms with Crippen LogP contribution < -0.4 is 10.1 Å². The molecule has 2 heterocycles. The Morgan fingerprint density at radius 3 is 2.75 bits per heavy atom. The summed E-state index contributed by atoms with van der Waals surface area (Å²) in [6.07, 6.45) is 4.03. The molecule has 1 amide bonds. The number of likely N-dealkylation sites (tertiary alicyclic amines) is 1. The standard InChI is InChI=1S/C23H31N3O2/c1-17(2)15-26-14-8-9-18(16-26)22(20-11-6-7-13-24-20)25-23(27)19-10-4-5-12-21(19)28-3/h4-7,10-13,17-18,22H,8-9,14-16H2,1-3H3,(H,25,27). The van der Waals surface area contributed by atoms with Crippen molar-refractivity contribution in [3.05, 3.63) is 59.9 Å². The van der Waals surface area contributed by atoms with Gasteiger partial charge in [-0.2, -0.15) is 0 Å². The van der Waals surface area contributed by atoms with Gasteiger partial charge in [0.05, 0.1) is 24.4 Å². The van der Waals surface area contributed by atoms with Gasteiger partial charge in [0.1, 0.15) is 5.75 Å². The first kappa shape index (κ1) is 20.3. The first-order chi connectivity index (χ1) is 13.6. The average molecular weight is 382 g/mol. The molecule has 3 rings (SSSR count). The van der Waals surface area contributed by atoms with Crippen LogP contribution in [0.2, 0.25) is 0 Å². The van der Waals surface area contributed by atoms with Crippen LogP contribution in [0.3, 0.4) is 0 Å². The molecule has 0 bridgehead atoms. The molecule has 1 N–H and O–H groups in total. The van der Waals surface area contributed by atoms with E-state index >= 15 is 0 Å². The number of pyridine rings is 1. The molecule has 0 radical (unpaired) electrons. The van der Waals surface area contributed by atoms with E-state index in [-0.39, 0.29) is 11.9 Å². The van der Waals surface area contributed by atoms with Crippen molar-refractivity contribution in [3.63, 3.8) is 0 Å². The summed E-state index contributed by atoms with van der Waals surface area (Å²) in [4.78, 5) is 20.2. The van der Waals surface area contributed by atoms with E-state index in [1.165, 1.54) is 0 Å². The molecular formula is C23H31N3O2. The lowest BCUT2D eigenvalue weighted by Gasteiger charge is -2.37. The molecule has 28 heavy (non-hydrogen) atoms. The minimum absolute atomic E-state index is 0.117. The molecule has 1 fully saturated rings. The maximum atomic E-state index is 13.1. The first-order valence-corrected chi connectivity index (χ1v) is 10.2. The molecule has 5 heteroatoms. The van der Waals surface area contributed by atoms with Gasteiger partial charge in [0.25, 0.3) is 5.91 Å². The monoisotopic (exact) mass is 381 g/mol. The molecule has 1 saturated heterocycles. The van der Waals surface area contributed by atoms with E-state index in [2.05, 4.69) is 29.0 Å². The molecule has 1 aromatic heterocycles. The summed E-state index contributed by atoms with van der Waals surface area (Å²) in [5.41, 5.74) is 1.47. The van der Waals surface area contributed by atoms with Crippen molar-refractivity contribution in [2.24, 2.45) is 11.8 Å². The summed E-state index contributed by atoms with van der Waals surface area (Å²) < 4.78 is 5.38. The fourth-order valence-corrected chi connectivity index (χ4v) is 4.09. The number of carbonyl (C=O) groups excluding carboxylic acids is 1. The van der Waals surface area contributed by atoms with Gasteiger partial charge in [-0.15, -0.1) is 0 Å². The minimum atomic E-state index is -0.117. The molecule has 150 valence electrons. The Balaban J connectivity index is 1.83. The van der Waals surface area contributed by atoms with Crippen molar-refractivity contribution in [1.82, 2.24) is 15.2 Å². The van der Waals surface area contributed by atoms with Gasteiger partial charge in [-0.3, -0.25) is 9.78 Å². The van der Waals surface area contributed by atoms with E-state index in [1.807, 2.05) is 36.4 Å². The molecule has 1 aliphatic rings. The first-order valence-electron chi connectivity index (χ1n) is 10.2. The molecular weight excluding hydrogens is 350 g/mol. The van der Waals surface area contributed by atoms with Crippen LogP contribution in [0.1, 0.15) is 48.8 Å². The number of ether oxygens (including phenoxy) is 1. The summed E-state index contributed by atoms with van der Waals surface area (Å²) in [7, 11) is 1.59. The third-order valence-corrected chi connectivity index (χ3v) is 5.28. The number of nitrogens with zero attached hydrogens (tertiary/aromatic N) is 2. The number of methoxy groups -OCH3 is 1. The molecule has 0 spiro atoms. The number of aromatic nitrogens is 1. The quantitative estimate of drug-likeness (QED) is 0.790. The zero-order chi connectivity index (χ0) is 19.9. The second kappa shape index (κ2) is 9.69. The van der Waals surface area contributed by atoms with E-state index in [1.54, 1.807) is 19.4 Å². The highest BCUT2D eigenvalue weighted by Crippen LogP contribution is 2.30. The zero-order valence-electron chi connectivity index (χ0n) is 17.1. The van der Waals surface area contributed by atoms with Crippen molar-refractivity contribution in [2.45, 2.75) is 32.7 Å². The number of nitrogens with one attached hydrogen (secondary N) is 1. The van der Waals surface area contributed by atoms with Crippen LogP contribution in [0.25, 0.3) is 0 Å². The zero-order valence-corrected chi connectivity index (χ0v) is 17.1. The van der Waals surface area contributed by atoms with Gasteiger partial charge in [-0.1, -0.05) is 32.0 Å². The van der Waals surface area contributed by atoms with E-state index in [0.717, 1.165) is 38.2 Å². The number of hydrogen-bond acceptors (Lipinski definition) is 4. The maximum Gasteiger partial charge on any atom is 0.255 e. The average Bonchev–Trinajstić information content (AvgIpc) is 2.72. The van der Waals surface area contributed by atoms with E-state index in [4.69, 9.17) is 4.74 Å². The lowest BCUT2D eigenvalue weighted by molar-refractivity contribution is 0.0868. The third kappa shape index (κ3) is 5.10. The molecule has 1 aromatic carbocycles. The van der Waals surface area contributed by atoms with Crippen molar-refractivity contribution < 1.29 is 9.53 Å². The molecule has 2 aromatic rings. The summed E-state index contributed by atoms with van der Waals surface area (Å²) in [5.74, 6) is 1.44. The van der Waals surface area contributed by atoms with E-state index in [0.29, 0.717) is 23.1 Å². The Labute approximate surface area is 168 Å². The molecule has 2 atom stereocenters. The van der Waals surface area contributed by atoms with Crippen molar-refractivity contribution >= 4 is 5.91 Å². The highest BCUT2D eigenvalue weighted by molar-refractivity contribution is 5.97. The highest BCUT2D eigenvalue weighted by atomic mass is 16.5. The number of piperidine rings is 1. The predicted molar refractivity (Wildman–Crippen MR) is 111 cm³/mol. The number of rotatable bonds is 7. The van der Waals surface area contributed by atoms with Crippen LogP contribution in [0.15, 0.2) is 48.7 Å². The lowest BCUT2D eigenvalue weighted by Crippen LogP contribution is -2.44. The Morgan fingerprint density at radius 2 is 2.04 bits per heavy atom. The SMILES string of the molecule is COc1ccccc1C(=O)NC(c1ccccn1)C1CCCN(CC(C)C)C1. The highest BCUT2D eigenvalue weighted by Gasteiger charge is 2.31. The fraction of sp³-hybridized carbons (Fsp3) is 0.478. The Bertz CT molecular complexity index is 763. The van der Waals surface area contributed by atoms with Crippen molar-refractivity contribution in [2.75, 3.05) is 26.7 Å². The van der Waals surface area contributed by atoms with E-state index < -0.39 is 0 Å². The van der Waals surface area contributed by atoms with Gasteiger partial charge < -0.3 is 15.0 Å². The normalized spacial score (nSPS) is 18.6. The third-order valence-electron chi connectivity index (χ3n) is 5.28. The minimum Gasteiger partial charge on any atom is -0.496 e. The number of benzene rings is 1. The molecule has 0 saturated carbocycles. The Morgan fingerprint density at radius 1 is 1.25 bits per heavy atom. The summed E-state index contributed by atoms with van der Waals surface area (Å²) >= 11 is 0. The van der Waals surface area contributed by atoms with Gasteiger partial charge in [0.15, 0.2) is 0 Å². The van der Waals surface area contributed by atoms with Gasteiger partial charge in [0, 0.05) is 19.3 Å². The van der Waals surface area contributed by atoms with Gasteiger partial charge in [0.2, 0.25) is 0 Å². The number of carbonyl (C=O) groups is 1. The van der Waals surface area contributed by atoms with Crippen LogP contribution in [-0.2, 0) is 0 Å². The molecule has 2 unspecified atom stereocenters. The fourth-order valence-electron chi connectivity index (χ4n) is 4.09. The second-order valence-electron chi connectivity index (χ2n) is 7.96. The van der Waals surface area contributed by atoms with E-state index in [9.17, 15) is 4.79 Å². The second-order valence-corrected chi connectivity index (χ2v) is 7.96. The van der Waals surface area contributed by atoms with Crippen LogP contribution in [0.5, 0.6) is 5.75 Å². The summed E-state index contributed by atoms with van der Waals surface area (Å²) in [6.45, 7) is 7.70. The summed E-state index contributed by atoms with van der Waals surface area (Å²) in [6, 6.07) is 13.1. The number of amides is 1. The van der Waals surface area contributed by atoms with Gasteiger partial charge in [-0.25, -0.2) is 0 Å². The number of para-hydroxylation sites is 1. The lowest BCUT2D eigenvalue weighted by atomic mass is 9.87. The molecule has 5 nitrogen and oxygen atoms in total. The molecule has 0 aliphatic carbocycles. The summed E-state index contributed by atoms with van der Waals surface area (Å²) in [5, 5.41) is 3.26. The van der Waals surface area contributed by atoms with Gasteiger partial charge >= 0.3 is 0 Å². The smallest absolute Gasteiger partial charge is 0.255 e. The van der Waals surface area contributed by atoms with Crippen LogP contribution >= 0.6 is 0 Å². The Hall–Kier alpha value is -2.40. The van der Waals surface area contributed by atoms with Gasteiger partial charge in [-0.05, 0) is 55.5 Å². The number of hydrogen-bond donors (Lipinski definition) is 1. The maximum absolute atomic E-state index is 13.1. The largest absolute Gasteiger partial charge is 0.496 e. The Kier molecular flexibility index (Phi) is 7.04. The van der Waals surface area contributed by atoms with Crippen LogP contribution in [-0.4, -0.2) is 42.5 Å².